The molecule has 0 heterocycles. The second kappa shape index (κ2) is 17.8. The zero-order valence-electron chi connectivity index (χ0n) is 23.1. The molecule has 216 valence electrons. The lowest BCUT2D eigenvalue weighted by atomic mass is 10.1. The highest BCUT2D eigenvalue weighted by Crippen LogP contribution is 2.30. The third kappa shape index (κ3) is 10.8. The van der Waals surface area contributed by atoms with Crippen LogP contribution in [0.25, 0.3) is 22.3 Å². The molecule has 0 saturated heterocycles. The summed E-state index contributed by atoms with van der Waals surface area (Å²) in [5.74, 6) is 4.34. The molecule has 0 aromatic heterocycles. The van der Waals surface area contributed by atoms with Gasteiger partial charge in [-0.1, -0.05) is 97.1 Å². The highest BCUT2D eigenvalue weighted by atomic mass is 32.2. The number of benzene rings is 4. The van der Waals surface area contributed by atoms with Gasteiger partial charge in [-0.25, -0.2) is 0 Å². The summed E-state index contributed by atoms with van der Waals surface area (Å²) in [5.41, 5.74) is 4.23. The molecule has 0 bridgehead atoms. The Balaban J connectivity index is 1.02. The van der Waals surface area contributed by atoms with Crippen molar-refractivity contribution in [2.75, 3.05) is 49.4 Å². The SMILES string of the molecule is OC(COc1ccccc1-c1ccccc1)CSCCOCCSCC(O)COc1ccccc1-c1ccccc1. The van der Waals surface area contributed by atoms with E-state index in [0.717, 1.165) is 45.3 Å². The van der Waals surface area contributed by atoms with Gasteiger partial charge in [0.25, 0.3) is 0 Å². The van der Waals surface area contributed by atoms with Crippen LogP contribution in [0.5, 0.6) is 11.5 Å². The maximum atomic E-state index is 10.4. The van der Waals surface area contributed by atoms with Gasteiger partial charge in [0.15, 0.2) is 0 Å². The Morgan fingerprint density at radius 1 is 0.512 bits per heavy atom. The minimum Gasteiger partial charge on any atom is -0.490 e. The first-order chi connectivity index (χ1) is 20.2. The fraction of sp³-hybridized carbons (Fsp3) is 0.294. The first-order valence-corrected chi connectivity index (χ1v) is 16.2. The second-order valence-electron chi connectivity index (χ2n) is 9.42. The Morgan fingerprint density at radius 3 is 1.34 bits per heavy atom. The first kappa shape index (κ1) is 31.0. The van der Waals surface area contributed by atoms with Gasteiger partial charge in [0.2, 0.25) is 0 Å². The molecule has 0 aliphatic carbocycles. The maximum Gasteiger partial charge on any atom is 0.127 e. The van der Waals surface area contributed by atoms with Crippen LogP contribution in [-0.4, -0.2) is 71.9 Å². The van der Waals surface area contributed by atoms with Crippen LogP contribution in [-0.2, 0) is 4.74 Å². The smallest absolute Gasteiger partial charge is 0.127 e. The Bertz CT molecular complexity index is 1170. The molecule has 0 fully saturated rings. The summed E-state index contributed by atoms with van der Waals surface area (Å²) in [4.78, 5) is 0. The lowest BCUT2D eigenvalue weighted by Gasteiger charge is -2.15. The van der Waals surface area contributed by atoms with E-state index < -0.39 is 12.2 Å². The van der Waals surface area contributed by atoms with Crippen LogP contribution in [0, 0.1) is 0 Å². The minimum absolute atomic E-state index is 0.248. The van der Waals surface area contributed by atoms with Crippen LogP contribution in [0.15, 0.2) is 109 Å². The zero-order valence-corrected chi connectivity index (χ0v) is 24.8. The predicted octanol–water partition coefficient (Wildman–Crippen LogP) is 6.68. The number of rotatable bonds is 18. The van der Waals surface area contributed by atoms with E-state index in [2.05, 4.69) is 24.3 Å². The molecule has 2 unspecified atom stereocenters. The number of hydrogen-bond acceptors (Lipinski definition) is 7. The van der Waals surface area contributed by atoms with Gasteiger partial charge in [-0.2, -0.15) is 23.5 Å². The fourth-order valence-electron chi connectivity index (χ4n) is 4.14. The summed E-state index contributed by atoms with van der Waals surface area (Å²) in [5, 5.41) is 20.7. The third-order valence-corrected chi connectivity index (χ3v) is 8.32. The molecule has 4 aromatic carbocycles. The topological polar surface area (TPSA) is 68.2 Å². The van der Waals surface area contributed by atoms with E-state index in [1.165, 1.54) is 0 Å². The first-order valence-electron chi connectivity index (χ1n) is 13.8. The fourth-order valence-corrected chi connectivity index (χ4v) is 5.68. The molecular formula is C34H38O5S2. The van der Waals surface area contributed by atoms with Gasteiger partial charge in [-0.15, -0.1) is 0 Å². The van der Waals surface area contributed by atoms with E-state index >= 15 is 0 Å². The summed E-state index contributed by atoms with van der Waals surface area (Å²) in [7, 11) is 0. The monoisotopic (exact) mass is 590 g/mol. The molecule has 4 aromatic rings. The number of aliphatic hydroxyl groups is 2. The van der Waals surface area contributed by atoms with Crippen LogP contribution in [0.1, 0.15) is 0 Å². The van der Waals surface area contributed by atoms with Crippen molar-refractivity contribution in [1.82, 2.24) is 0 Å². The summed E-state index contributed by atoms with van der Waals surface area (Å²) >= 11 is 3.30. The Morgan fingerprint density at radius 2 is 0.902 bits per heavy atom. The van der Waals surface area contributed by atoms with Crippen molar-refractivity contribution in [1.29, 1.82) is 0 Å². The van der Waals surface area contributed by atoms with Crippen molar-refractivity contribution in [2.45, 2.75) is 12.2 Å². The van der Waals surface area contributed by atoms with Gasteiger partial charge in [0.05, 0.1) is 25.4 Å². The minimum atomic E-state index is -0.553. The molecule has 41 heavy (non-hydrogen) atoms. The molecule has 0 spiro atoms. The quantitative estimate of drug-likeness (QED) is 0.125. The van der Waals surface area contributed by atoms with E-state index in [1.807, 2.05) is 84.9 Å². The Kier molecular flexibility index (Phi) is 13.4. The van der Waals surface area contributed by atoms with Crippen molar-refractivity contribution in [2.24, 2.45) is 0 Å². The van der Waals surface area contributed by atoms with E-state index in [1.54, 1.807) is 23.5 Å². The average Bonchev–Trinajstić information content (AvgIpc) is 3.03. The summed E-state index contributed by atoms with van der Waals surface area (Å²) < 4.78 is 17.6. The number of hydrogen-bond donors (Lipinski definition) is 2. The van der Waals surface area contributed by atoms with Crippen LogP contribution in [0.4, 0.5) is 0 Å². The predicted molar refractivity (Wildman–Crippen MR) is 172 cm³/mol. The molecular weight excluding hydrogens is 553 g/mol. The van der Waals surface area contributed by atoms with E-state index in [0.29, 0.717) is 24.7 Å². The lowest BCUT2D eigenvalue weighted by Crippen LogP contribution is -2.21. The number of para-hydroxylation sites is 2. The van der Waals surface area contributed by atoms with Gasteiger partial charge in [-0.3, -0.25) is 0 Å². The summed E-state index contributed by atoms with van der Waals surface area (Å²) in [6, 6.07) is 36.0. The molecule has 0 amide bonds. The molecule has 0 aliphatic heterocycles. The highest BCUT2D eigenvalue weighted by Gasteiger charge is 2.11. The van der Waals surface area contributed by atoms with Gasteiger partial charge in [0.1, 0.15) is 24.7 Å². The summed E-state index contributed by atoms with van der Waals surface area (Å²) in [6.45, 7) is 1.74. The molecule has 0 saturated carbocycles. The van der Waals surface area contributed by atoms with Crippen molar-refractivity contribution < 1.29 is 24.4 Å². The van der Waals surface area contributed by atoms with Crippen molar-refractivity contribution in [3.8, 4) is 33.8 Å². The Labute approximate surface area is 251 Å². The maximum absolute atomic E-state index is 10.4. The molecule has 4 rings (SSSR count). The largest absolute Gasteiger partial charge is 0.490 e. The van der Waals surface area contributed by atoms with E-state index in [9.17, 15) is 10.2 Å². The molecule has 0 radical (unpaired) electrons. The molecule has 2 N–H and O–H groups in total. The number of thioether (sulfide) groups is 2. The Hall–Kier alpha value is -2.94. The molecule has 0 aliphatic rings. The molecule has 2 atom stereocenters. The van der Waals surface area contributed by atoms with Crippen LogP contribution < -0.4 is 9.47 Å². The van der Waals surface area contributed by atoms with Crippen molar-refractivity contribution >= 4 is 23.5 Å². The van der Waals surface area contributed by atoms with E-state index in [-0.39, 0.29) is 13.2 Å². The summed E-state index contributed by atoms with van der Waals surface area (Å²) in [6.07, 6.45) is -1.11. The lowest BCUT2D eigenvalue weighted by molar-refractivity contribution is 0.126. The standard InChI is InChI=1S/C34H38O5S2/c35-29(23-38-33-17-9-7-15-31(33)27-11-3-1-4-12-27)25-40-21-19-37-20-22-41-26-30(36)24-39-34-18-10-8-16-32(34)28-13-5-2-6-14-28/h1-18,29-30,35-36H,19-26H2. The van der Waals surface area contributed by atoms with Crippen LogP contribution >= 0.6 is 23.5 Å². The van der Waals surface area contributed by atoms with E-state index in [4.69, 9.17) is 14.2 Å². The van der Waals surface area contributed by atoms with Gasteiger partial charge in [-0.05, 0) is 23.3 Å². The van der Waals surface area contributed by atoms with Crippen molar-refractivity contribution in [3.05, 3.63) is 109 Å². The highest BCUT2D eigenvalue weighted by molar-refractivity contribution is 7.99. The van der Waals surface area contributed by atoms with Gasteiger partial charge < -0.3 is 24.4 Å². The molecule has 5 nitrogen and oxygen atoms in total. The van der Waals surface area contributed by atoms with Crippen molar-refractivity contribution in [3.63, 3.8) is 0 Å². The number of aliphatic hydroxyl groups excluding tert-OH is 2. The van der Waals surface area contributed by atoms with Gasteiger partial charge >= 0.3 is 0 Å². The zero-order chi connectivity index (χ0) is 28.5. The normalized spacial score (nSPS) is 12.5. The average molecular weight is 591 g/mol. The van der Waals surface area contributed by atoms with Crippen LogP contribution in [0.3, 0.4) is 0 Å². The number of ether oxygens (including phenoxy) is 3. The van der Waals surface area contributed by atoms with Gasteiger partial charge in [0, 0.05) is 34.1 Å². The molecule has 7 heteroatoms. The second-order valence-corrected chi connectivity index (χ2v) is 11.7. The third-order valence-electron chi connectivity index (χ3n) is 6.17. The van der Waals surface area contributed by atoms with Crippen LogP contribution in [0.2, 0.25) is 0 Å².